The third-order valence-electron chi connectivity index (χ3n) is 5.83. The highest BCUT2D eigenvalue weighted by Gasteiger charge is 2.12. The summed E-state index contributed by atoms with van der Waals surface area (Å²) in [5, 5.41) is 16.1. The molecule has 0 fully saturated rings. The van der Waals surface area contributed by atoms with Crippen LogP contribution in [-0.2, 0) is 20.2 Å². The molecular formula is C30H26N4O8S2-2. The monoisotopic (exact) mass is 634 g/mol. The van der Waals surface area contributed by atoms with Gasteiger partial charge in [-0.05, 0) is 97.8 Å². The summed E-state index contributed by atoms with van der Waals surface area (Å²) in [6.45, 7) is 4.72. The molecule has 0 aliphatic carbocycles. The first kappa shape index (κ1) is 32.2. The molecule has 0 aromatic heterocycles. The summed E-state index contributed by atoms with van der Waals surface area (Å²) in [6, 6.07) is 21.0. The van der Waals surface area contributed by atoms with Crippen LogP contribution in [0.1, 0.15) is 25.0 Å². The van der Waals surface area contributed by atoms with Crippen molar-refractivity contribution >= 4 is 55.1 Å². The highest BCUT2D eigenvalue weighted by molar-refractivity contribution is 7.86. The lowest BCUT2D eigenvalue weighted by atomic mass is 10.1. The van der Waals surface area contributed by atoms with Gasteiger partial charge in [0.05, 0.1) is 45.8 Å². The molecule has 0 bridgehead atoms. The maximum atomic E-state index is 12.1. The molecule has 0 N–H and O–H groups in total. The summed E-state index contributed by atoms with van der Waals surface area (Å²) in [5.41, 5.74) is 1.03. The molecule has 0 aliphatic rings. The lowest BCUT2D eigenvalue weighted by molar-refractivity contribution is 0.340. The van der Waals surface area contributed by atoms with E-state index in [0.29, 0.717) is 36.1 Å². The average Bonchev–Trinajstić information content (AvgIpc) is 2.99. The lowest BCUT2D eigenvalue weighted by Crippen LogP contribution is -2.02. The van der Waals surface area contributed by atoms with Gasteiger partial charge in [-0.25, -0.2) is 16.8 Å². The zero-order valence-electron chi connectivity index (χ0n) is 23.5. The van der Waals surface area contributed by atoms with Crippen molar-refractivity contribution in [1.29, 1.82) is 0 Å². The Morgan fingerprint density at radius 2 is 0.864 bits per heavy atom. The fraction of sp³-hybridized carbons (Fsp3) is 0.133. The zero-order valence-corrected chi connectivity index (χ0v) is 25.2. The van der Waals surface area contributed by atoms with E-state index in [1.54, 1.807) is 48.5 Å². The van der Waals surface area contributed by atoms with Crippen molar-refractivity contribution in [2.24, 2.45) is 20.5 Å². The van der Waals surface area contributed by atoms with Crippen molar-refractivity contribution in [2.75, 3.05) is 13.2 Å². The molecule has 0 spiro atoms. The third-order valence-corrected chi connectivity index (χ3v) is 7.62. The Balaban J connectivity index is 1.60. The van der Waals surface area contributed by atoms with Crippen LogP contribution in [0.2, 0.25) is 0 Å². The van der Waals surface area contributed by atoms with Crippen molar-refractivity contribution in [3.8, 4) is 11.5 Å². The van der Waals surface area contributed by atoms with Gasteiger partial charge < -0.3 is 18.6 Å². The van der Waals surface area contributed by atoms with Crippen molar-refractivity contribution in [3.05, 3.63) is 96.1 Å². The highest BCUT2D eigenvalue weighted by Crippen LogP contribution is 2.29. The molecular weight excluding hydrogens is 608 g/mol. The van der Waals surface area contributed by atoms with E-state index in [0.717, 1.165) is 12.1 Å². The molecule has 0 atom stereocenters. The molecule has 12 nitrogen and oxygen atoms in total. The molecule has 4 aromatic rings. The molecule has 0 saturated carbocycles. The number of hydrogen-bond donors (Lipinski definition) is 0. The number of nitrogens with zero attached hydrogens (tertiary/aromatic N) is 4. The molecule has 0 heterocycles. The van der Waals surface area contributed by atoms with Crippen LogP contribution in [-0.4, -0.2) is 39.2 Å². The molecule has 0 radical (unpaired) electrons. The number of ether oxygens (including phenoxy) is 2. The Hall–Kier alpha value is -4.76. The number of rotatable bonds is 12. The molecule has 0 aliphatic heterocycles. The number of azo groups is 2. The molecule has 4 rings (SSSR count). The van der Waals surface area contributed by atoms with Crippen LogP contribution >= 0.6 is 0 Å². The van der Waals surface area contributed by atoms with Crippen molar-refractivity contribution < 1.29 is 35.4 Å². The minimum Gasteiger partial charge on any atom is -0.744 e. The molecule has 0 amide bonds. The molecule has 228 valence electrons. The van der Waals surface area contributed by atoms with Crippen LogP contribution < -0.4 is 9.47 Å². The lowest BCUT2D eigenvalue weighted by Gasteiger charge is -2.13. The van der Waals surface area contributed by atoms with Gasteiger partial charge in [-0.3, -0.25) is 0 Å². The van der Waals surface area contributed by atoms with Crippen molar-refractivity contribution in [3.63, 3.8) is 0 Å². The second kappa shape index (κ2) is 14.1. The van der Waals surface area contributed by atoms with Gasteiger partial charge in [-0.2, -0.15) is 20.5 Å². The van der Waals surface area contributed by atoms with Crippen molar-refractivity contribution in [1.82, 2.24) is 0 Å². The maximum absolute atomic E-state index is 12.1. The smallest absolute Gasteiger partial charge is 0.125 e. The van der Waals surface area contributed by atoms with Gasteiger partial charge in [-0.15, -0.1) is 0 Å². The van der Waals surface area contributed by atoms with Gasteiger partial charge in [0.25, 0.3) is 0 Å². The first-order valence-corrected chi connectivity index (χ1v) is 15.9. The first-order valence-electron chi connectivity index (χ1n) is 13.1. The van der Waals surface area contributed by atoms with Crippen molar-refractivity contribution in [2.45, 2.75) is 23.6 Å². The molecule has 44 heavy (non-hydrogen) atoms. The average molecular weight is 635 g/mol. The van der Waals surface area contributed by atoms with E-state index in [9.17, 15) is 25.9 Å². The third kappa shape index (κ3) is 8.87. The van der Waals surface area contributed by atoms with E-state index in [4.69, 9.17) is 9.47 Å². The summed E-state index contributed by atoms with van der Waals surface area (Å²) in [4.78, 5) is -1.21. The van der Waals surface area contributed by atoms with Crippen LogP contribution in [0.4, 0.5) is 22.7 Å². The van der Waals surface area contributed by atoms with Crippen LogP contribution in [0.5, 0.6) is 11.5 Å². The minimum absolute atomic E-state index is 0.0477. The van der Waals surface area contributed by atoms with Gasteiger partial charge in [0.15, 0.2) is 0 Å². The summed E-state index contributed by atoms with van der Waals surface area (Å²) >= 11 is 0. The number of hydrogen-bond acceptors (Lipinski definition) is 12. The predicted octanol–water partition coefficient (Wildman–Crippen LogP) is 7.29. The molecule has 0 unspecified atom stereocenters. The minimum atomic E-state index is -4.98. The standard InChI is InChI=1S/C30H28N4O8S2/c1-3-41-27-15-11-23(12-16-27)31-33-25-9-7-21(29(19-25)43(35,36)37)5-6-22-8-10-26(20-30(22)44(38,39)40)34-32-24-13-17-28(18-14-24)42-4-2/h5-20H,3-4H2,1-2H3,(H,35,36,37)(H,38,39,40)/p-2. The quantitative estimate of drug-likeness (QED) is 0.0883. The number of benzene rings is 4. The van der Waals surface area contributed by atoms with E-state index in [-0.39, 0.29) is 22.5 Å². The van der Waals surface area contributed by atoms with E-state index < -0.39 is 30.0 Å². The Morgan fingerprint density at radius 1 is 0.545 bits per heavy atom. The van der Waals surface area contributed by atoms with Crippen LogP contribution in [0.15, 0.2) is 115 Å². The summed E-state index contributed by atoms with van der Waals surface area (Å²) in [5.74, 6) is 1.30. The van der Waals surface area contributed by atoms with Gasteiger partial charge in [0.2, 0.25) is 0 Å². The van der Waals surface area contributed by atoms with E-state index in [1.807, 2.05) is 13.8 Å². The van der Waals surface area contributed by atoms with E-state index >= 15 is 0 Å². The van der Waals surface area contributed by atoms with Gasteiger partial charge >= 0.3 is 0 Å². The van der Waals surface area contributed by atoms with E-state index in [1.165, 1.54) is 36.4 Å². The predicted molar refractivity (Wildman–Crippen MR) is 161 cm³/mol. The molecule has 4 aromatic carbocycles. The second-order valence-corrected chi connectivity index (χ2v) is 11.6. The van der Waals surface area contributed by atoms with Gasteiger partial charge in [0.1, 0.15) is 31.7 Å². The van der Waals surface area contributed by atoms with Crippen LogP contribution in [0.3, 0.4) is 0 Å². The largest absolute Gasteiger partial charge is 0.744 e. The second-order valence-electron chi connectivity index (χ2n) is 8.94. The maximum Gasteiger partial charge on any atom is 0.125 e. The van der Waals surface area contributed by atoms with Crippen LogP contribution in [0, 0.1) is 0 Å². The fourth-order valence-corrected chi connectivity index (χ4v) is 5.22. The van der Waals surface area contributed by atoms with Crippen LogP contribution in [0.25, 0.3) is 12.2 Å². The Morgan fingerprint density at radius 3 is 1.18 bits per heavy atom. The van der Waals surface area contributed by atoms with Gasteiger partial charge in [0, 0.05) is 0 Å². The summed E-state index contributed by atoms with van der Waals surface area (Å²) in [6.07, 6.45) is 2.42. The van der Waals surface area contributed by atoms with Gasteiger partial charge in [-0.1, -0.05) is 24.3 Å². The summed E-state index contributed by atoms with van der Waals surface area (Å²) in [7, 11) is -9.95. The fourth-order valence-electron chi connectivity index (χ4n) is 3.84. The topological polar surface area (TPSA) is 182 Å². The Bertz CT molecular complexity index is 1780. The normalized spacial score (nSPS) is 12.4. The Kier molecular flexibility index (Phi) is 10.3. The first-order chi connectivity index (χ1) is 21.0. The zero-order chi connectivity index (χ0) is 31.7. The molecule has 0 saturated heterocycles. The Labute approximate surface area is 254 Å². The molecule has 14 heteroatoms. The van der Waals surface area contributed by atoms with E-state index in [2.05, 4.69) is 20.5 Å². The highest BCUT2D eigenvalue weighted by atomic mass is 32.2. The summed E-state index contributed by atoms with van der Waals surface area (Å²) < 4.78 is 83.0. The SMILES string of the molecule is CCOc1ccc(N=Nc2ccc(C=Cc3ccc(N=Nc4ccc(OCC)cc4)cc3S(=O)(=O)[O-])c(S(=O)(=O)[O-])c2)cc1.